The fourth-order valence-electron chi connectivity index (χ4n) is 2.94. The van der Waals surface area contributed by atoms with Crippen molar-refractivity contribution < 1.29 is 14.3 Å². The summed E-state index contributed by atoms with van der Waals surface area (Å²) in [6, 6.07) is 17.1. The Labute approximate surface area is 182 Å². The highest BCUT2D eigenvalue weighted by atomic mass is 79.9. The fraction of sp³-hybridized carbons (Fsp3) is 0.227. The van der Waals surface area contributed by atoms with Crippen molar-refractivity contribution in [3.05, 3.63) is 74.7 Å². The van der Waals surface area contributed by atoms with Crippen LogP contribution in [0.15, 0.2) is 63.6 Å². The summed E-state index contributed by atoms with van der Waals surface area (Å²) in [7, 11) is 0. The number of carbonyl (C=O) groups is 2. The highest BCUT2D eigenvalue weighted by molar-refractivity contribution is 9.10. The van der Waals surface area contributed by atoms with E-state index in [0.717, 1.165) is 15.6 Å². The number of esters is 1. The minimum Gasteiger partial charge on any atom is -0.462 e. The van der Waals surface area contributed by atoms with Crippen LogP contribution < -0.4 is 4.90 Å². The summed E-state index contributed by atoms with van der Waals surface area (Å²) in [5, 5.41) is 9.50. The topological polar surface area (TPSA) is 70.4 Å². The summed E-state index contributed by atoms with van der Waals surface area (Å²) in [6.45, 7) is 3.79. The predicted octanol–water partition coefficient (Wildman–Crippen LogP) is 4.75. The Morgan fingerprint density at radius 1 is 1.21 bits per heavy atom. The zero-order valence-corrected chi connectivity index (χ0v) is 18.4. The molecule has 1 amide bonds. The Kier molecular flexibility index (Phi) is 6.78. The standard InChI is InChI=1S/C22H19BrN2O3S/c1-3-28-22(27)18(13-24)21-25(17-10-4-14(2)5-11-17)20(26)19(29-21)12-15-6-8-16(23)9-7-15/h4-11,19H,3,12H2,1-2H3/b21-18-/t19-/m1/s1. The molecule has 2 aromatic rings. The van der Waals surface area contributed by atoms with Crippen LogP contribution in [0.5, 0.6) is 0 Å². The number of nitrogens with zero attached hydrogens (tertiary/aromatic N) is 2. The van der Waals surface area contributed by atoms with Gasteiger partial charge in [0.2, 0.25) is 5.91 Å². The van der Waals surface area contributed by atoms with Gasteiger partial charge in [-0.2, -0.15) is 5.26 Å². The third kappa shape index (κ3) is 4.72. The third-order valence-corrected chi connectivity index (χ3v) is 6.18. The zero-order valence-electron chi connectivity index (χ0n) is 16.0. The number of hydrogen-bond donors (Lipinski definition) is 0. The number of carbonyl (C=O) groups excluding carboxylic acids is 2. The second-order valence-corrected chi connectivity index (χ2v) is 8.57. The van der Waals surface area contributed by atoms with E-state index < -0.39 is 11.2 Å². The lowest BCUT2D eigenvalue weighted by atomic mass is 10.1. The monoisotopic (exact) mass is 470 g/mol. The number of ether oxygens (including phenoxy) is 1. The van der Waals surface area contributed by atoms with Gasteiger partial charge in [0.25, 0.3) is 0 Å². The Morgan fingerprint density at radius 2 is 1.86 bits per heavy atom. The molecule has 29 heavy (non-hydrogen) atoms. The van der Waals surface area contributed by atoms with Crippen LogP contribution in [0, 0.1) is 18.3 Å². The van der Waals surface area contributed by atoms with E-state index in [4.69, 9.17) is 4.74 Å². The van der Waals surface area contributed by atoms with Crippen LogP contribution >= 0.6 is 27.7 Å². The molecule has 0 saturated carbocycles. The van der Waals surface area contributed by atoms with E-state index in [2.05, 4.69) is 15.9 Å². The molecule has 2 aromatic carbocycles. The number of nitriles is 1. The van der Waals surface area contributed by atoms with Crippen molar-refractivity contribution in [2.45, 2.75) is 25.5 Å². The molecule has 0 spiro atoms. The molecule has 1 aliphatic rings. The lowest BCUT2D eigenvalue weighted by Crippen LogP contribution is -2.30. The van der Waals surface area contributed by atoms with Crippen LogP contribution in [0.3, 0.4) is 0 Å². The Bertz CT molecular complexity index is 994. The average molecular weight is 471 g/mol. The first kappa shape index (κ1) is 21.2. The number of amides is 1. The molecule has 1 heterocycles. The average Bonchev–Trinajstić information content (AvgIpc) is 3.01. The van der Waals surface area contributed by atoms with E-state index in [1.807, 2.05) is 61.5 Å². The number of rotatable bonds is 5. The zero-order chi connectivity index (χ0) is 21.0. The molecule has 0 aromatic heterocycles. The Morgan fingerprint density at radius 3 is 2.45 bits per heavy atom. The van der Waals surface area contributed by atoms with Crippen LogP contribution in [0.1, 0.15) is 18.1 Å². The molecule has 0 bridgehead atoms. The van der Waals surface area contributed by atoms with Gasteiger partial charge in [-0.1, -0.05) is 57.5 Å². The number of thioether (sulfide) groups is 1. The fourth-order valence-corrected chi connectivity index (χ4v) is 4.50. The van der Waals surface area contributed by atoms with Gasteiger partial charge in [0.05, 0.1) is 11.9 Å². The molecule has 0 radical (unpaired) electrons. The first-order valence-corrected chi connectivity index (χ1v) is 10.7. The number of aryl methyl sites for hydroxylation is 1. The minimum absolute atomic E-state index is 0.149. The van der Waals surface area contributed by atoms with Gasteiger partial charge in [-0.3, -0.25) is 9.69 Å². The molecule has 0 aliphatic carbocycles. The summed E-state index contributed by atoms with van der Waals surface area (Å²) < 4.78 is 6.00. The predicted molar refractivity (Wildman–Crippen MR) is 117 cm³/mol. The van der Waals surface area contributed by atoms with Gasteiger partial charge >= 0.3 is 5.97 Å². The van der Waals surface area contributed by atoms with Crippen LogP contribution in [0.2, 0.25) is 0 Å². The number of hydrogen-bond acceptors (Lipinski definition) is 5. The molecule has 3 rings (SSSR count). The number of halogens is 1. The van der Waals surface area contributed by atoms with Crippen molar-refractivity contribution in [3.8, 4) is 6.07 Å². The highest BCUT2D eigenvalue weighted by Gasteiger charge is 2.41. The van der Waals surface area contributed by atoms with Gasteiger partial charge in [0, 0.05) is 10.2 Å². The lowest BCUT2D eigenvalue weighted by molar-refractivity contribution is -0.138. The van der Waals surface area contributed by atoms with Crippen molar-refractivity contribution in [2.24, 2.45) is 0 Å². The van der Waals surface area contributed by atoms with Crippen LogP contribution in [0.4, 0.5) is 5.69 Å². The number of benzene rings is 2. The summed E-state index contributed by atoms with van der Waals surface area (Å²) in [6.07, 6.45) is 0.490. The Hall–Kier alpha value is -2.56. The first-order chi connectivity index (χ1) is 13.9. The smallest absolute Gasteiger partial charge is 0.351 e. The molecule has 1 aliphatic heterocycles. The molecule has 1 atom stereocenters. The molecule has 1 saturated heterocycles. The van der Waals surface area contributed by atoms with Crippen LogP contribution in [-0.2, 0) is 20.7 Å². The van der Waals surface area contributed by atoms with E-state index >= 15 is 0 Å². The van der Waals surface area contributed by atoms with Gasteiger partial charge in [-0.25, -0.2) is 4.79 Å². The highest BCUT2D eigenvalue weighted by Crippen LogP contribution is 2.42. The molecule has 1 fully saturated rings. The maximum atomic E-state index is 13.3. The maximum Gasteiger partial charge on any atom is 0.351 e. The maximum absolute atomic E-state index is 13.3. The van der Waals surface area contributed by atoms with Crippen LogP contribution in [0.25, 0.3) is 0 Å². The second kappa shape index (κ2) is 9.29. The molecular formula is C22H19BrN2O3S. The van der Waals surface area contributed by atoms with Crippen molar-refractivity contribution in [1.82, 2.24) is 0 Å². The molecule has 5 nitrogen and oxygen atoms in total. The summed E-state index contributed by atoms with van der Waals surface area (Å²) in [4.78, 5) is 27.1. The second-order valence-electron chi connectivity index (χ2n) is 6.46. The minimum atomic E-state index is -0.716. The van der Waals surface area contributed by atoms with Crippen molar-refractivity contribution in [3.63, 3.8) is 0 Å². The van der Waals surface area contributed by atoms with Crippen LogP contribution in [-0.4, -0.2) is 23.7 Å². The molecule has 7 heteroatoms. The lowest BCUT2D eigenvalue weighted by Gasteiger charge is -2.18. The van der Waals surface area contributed by atoms with Crippen molar-refractivity contribution in [1.29, 1.82) is 5.26 Å². The van der Waals surface area contributed by atoms with Gasteiger partial charge in [-0.15, -0.1) is 0 Å². The summed E-state index contributed by atoms with van der Waals surface area (Å²) in [5.41, 5.74) is 2.53. The summed E-state index contributed by atoms with van der Waals surface area (Å²) >= 11 is 4.64. The van der Waals surface area contributed by atoms with E-state index in [-0.39, 0.29) is 18.1 Å². The van der Waals surface area contributed by atoms with Gasteiger partial charge in [0.1, 0.15) is 11.1 Å². The van der Waals surface area contributed by atoms with E-state index in [9.17, 15) is 14.9 Å². The van der Waals surface area contributed by atoms with Crippen molar-refractivity contribution in [2.75, 3.05) is 11.5 Å². The van der Waals surface area contributed by atoms with E-state index in [1.165, 1.54) is 16.7 Å². The van der Waals surface area contributed by atoms with Gasteiger partial charge < -0.3 is 4.74 Å². The quantitative estimate of drug-likeness (QED) is 0.358. The van der Waals surface area contributed by atoms with E-state index in [0.29, 0.717) is 17.1 Å². The van der Waals surface area contributed by atoms with Crippen molar-refractivity contribution >= 4 is 45.3 Å². The van der Waals surface area contributed by atoms with Gasteiger partial charge in [-0.05, 0) is 50.1 Å². The Balaban J connectivity index is 2.02. The first-order valence-electron chi connectivity index (χ1n) is 9.07. The SMILES string of the molecule is CCOC(=O)/C(C#N)=C1\S[C@H](Cc2ccc(Br)cc2)C(=O)N1c1ccc(C)cc1. The van der Waals surface area contributed by atoms with E-state index in [1.54, 1.807) is 6.92 Å². The van der Waals surface area contributed by atoms with Gasteiger partial charge in [0.15, 0.2) is 5.57 Å². The summed E-state index contributed by atoms with van der Waals surface area (Å²) in [5.74, 6) is -0.875. The normalized spacial score (nSPS) is 17.8. The number of anilines is 1. The molecule has 0 unspecified atom stereocenters. The largest absolute Gasteiger partial charge is 0.462 e. The molecule has 0 N–H and O–H groups in total. The molecule has 148 valence electrons. The third-order valence-electron chi connectivity index (χ3n) is 4.38. The molecular weight excluding hydrogens is 452 g/mol.